The van der Waals surface area contributed by atoms with Crippen LogP contribution in [0.15, 0.2) is 72.8 Å². The van der Waals surface area contributed by atoms with Crippen LogP contribution in [-0.2, 0) is 10.8 Å². The lowest BCUT2D eigenvalue weighted by Crippen LogP contribution is -2.41. The zero-order chi connectivity index (χ0) is 32.1. The summed E-state index contributed by atoms with van der Waals surface area (Å²) in [5, 5.41) is 0. The molecule has 45 heavy (non-hydrogen) atoms. The molecule has 0 spiro atoms. The van der Waals surface area contributed by atoms with E-state index in [1.807, 2.05) is 0 Å². The largest absolute Gasteiger partial charge is 0.367 e. The molecule has 2 nitrogen and oxygen atoms in total. The second kappa shape index (κ2) is 17.3. The molecule has 1 atom stereocenters. The molecule has 2 heteroatoms. The summed E-state index contributed by atoms with van der Waals surface area (Å²) in [6.07, 6.45) is 29.3. The number of allylic oxidation sites excluding steroid dienone is 3. The minimum Gasteiger partial charge on any atom is -0.367 e. The number of hydrogen-bond acceptors (Lipinski definition) is 1. The molecule has 4 rings (SSSR count). The first kappa shape index (κ1) is 35.2. The molecule has 246 valence electrons. The summed E-state index contributed by atoms with van der Waals surface area (Å²) in [5.74, 6) is 0. The Hall–Kier alpha value is -2.61. The Balaban J connectivity index is 1.34. The molecule has 0 N–H and O–H groups in total. The highest BCUT2D eigenvalue weighted by atomic mass is 15.2. The molecule has 0 fully saturated rings. The van der Waals surface area contributed by atoms with Gasteiger partial charge in [-0.2, -0.15) is 4.58 Å². The van der Waals surface area contributed by atoms with Crippen molar-refractivity contribution in [3.05, 3.63) is 84.0 Å². The van der Waals surface area contributed by atoms with Crippen LogP contribution < -0.4 is 4.90 Å². The van der Waals surface area contributed by atoms with Gasteiger partial charge in [0.2, 0.25) is 5.69 Å². The number of fused-ring (bicyclic) bond motifs is 2. The van der Waals surface area contributed by atoms with Crippen LogP contribution in [-0.4, -0.2) is 29.4 Å². The quantitative estimate of drug-likeness (QED) is 0.0822. The fourth-order valence-electron chi connectivity index (χ4n) is 7.93. The van der Waals surface area contributed by atoms with Gasteiger partial charge in [-0.25, -0.2) is 0 Å². The van der Waals surface area contributed by atoms with Gasteiger partial charge in [0, 0.05) is 47.8 Å². The summed E-state index contributed by atoms with van der Waals surface area (Å²) >= 11 is 0. The van der Waals surface area contributed by atoms with Crippen LogP contribution in [0.3, 0.4) is 0 Å². The maximum Gasteiger partial charge on any atom is 0.209 e. The van der Waals surface area contributed by atoms with Crippen LogP contribution in [0.2, 0.25) is 0 Å². The molecule has 1 unspecified atom stereocenters. The molecule has 0 saturated heterocycles. The third kappa shape index (κ3) is 8.81. The maximum atomic E-state index is 2.74. The Bertz CT molecular complexity index is 1280. The average molecular weight is 610 g/mol. The molecule has 2 heterocycles. The second-order valence-corrected chi connectivity index (χ2v) is 14.8. The summed E-state index contributed by atoms with van der Waals surface area (Å²) in [6, 6.07) is 18.8. The number of anilines is 1. The van der Waals surface area contributed by atoms with Gasteiger partial charge in [0.15, 0.2) is 5.71 Å². The Labute approximate surface area is 277 Å². The molecule has 0 saturated carbocycles. The SMILES string of the molecule is CCCCCCCCN1c2ccccc2C(C)(C)C1CC=CCCC=CC1=[N+](CCCCCCCC)c2ccccc2C1(C)C. The van der Waals surface area contributed by atoms with Crippen molar-refractivity contribution in [3.8, 4) is 0 Å². The summed E-state index contributed by atoms with van der Waals surface area (Å²) < 4.78 is 2.62. The molecule has 2 aliphatic rings. The number of para-hydroxylation sites is 2. The monoisotopic (exact) mass is 610 g/mol. The first-order chi connectivity index (χ1) is 21.8. The lowest BCUT2D eigenvalue weighted by atomic mass is 9.79. The molecular formula is C43H65N2+. The number of rotatable bonds is 20. The van der Waals surface area contributed by atoms with Crippen molar-refractivity contribution in [3.63, 3.8) is 0 Å². The molecule has 0 radical (unpaired) electrons. The van der Waals surface area contributed by atoms with Crippen LogP contribution in [0.4, 0.5) is 11.4 Å². The van der Waals surface area contributed by atoms with Gasteiger partial charge in [-0.3, -0.25) is 0 Å². The van der Waals surface area contributed by atoms with Gasteiger partial charge < -0.3 is 4.90 Å². The Morgan fingerprint density at radius 3 is 2.00 bits per heavy atom. The third-order valence-corrected chi connectivity index (χ3v) is 10.7. The van der Waals surface area contributed by atoms with Crippen LogP contribution in [0.25, 0.3) is 0 Å². The Morgan fingerprint density at radius 1 is 0.667 bits per heavy atom. The number of benzene rings is 2. The third-order valence-electron chi connectivity index (χ3n) is 10.7. The van der Waals surface area contributed by atoms with Crippen molar-refractivity contribution >= 4 is 17.1 Å². The number of nitrogens with zero attached hydrogens (tertiary/aromatic N) is 2. The van der Waals surface area contributed by atoms with Crippen LogP contribution in [0, 0.1) is 0 Å². The van der Waals surface area contributed by atoms with Gasteiger partial charge in [0.1, 0.15) is 6.54 Å². The highest BCUT2D eigenvalue weighted by Gasteiger charge is 2.44. The average Bonchev–Trinajstić information content (AvgIpc) is 3.38. The standard InChI is InChI=1S/C43H65N2/c1-7-9-11-13-18-26-34-44-38-30-24-22-28-36(38)42(3,4)40(44)32-20-16-15-17-21-33-41-43(5,6)37-29-23-25-31-39(37)45(41)35-27-19-14-12-10-8-2/h16,20-25,28-31,33,40H,7-15,17-19,26-27,32,34-35H2,1-6H3/q+1. The maximum absolute atomic E-state index is 2.74. The van der Waals surface area contributed by atoms with Gasteiger partial charge in [-0.1, -0.05) is 140 Å². The van der Waals surface area contributed by atoms with Crippen LogP contribution in [0.5, 0.6) is 0 Å². The summed E-state index contributed by atoms with van der Waals surface area (Å²) in [7, 11) is 0. The second-order valence-electron chi connectivity index (χ2n) is 14.8. The van der Waals surface area contributed by atoms with Crippen molar-refractivity contribution in [1.82, 2.24) is 0 Å². The van der Waals surface area contributed by atoms with E-state index in [9.17, 15) is 0 Å². The number of hydrogen-bond donors (Lipinski definition) is 0. The fraction of sp³-hybridized carbons (Fsp3) is 0.605. The lowest BCUT2D eigenvalue weighted by Gasteiger charge is -2.34. The van der Waals surface area contributed by atoms with E-state index in [0.29, 0.717) is 6.04 Å². The van der Waals surface area contributed by atoms with Crippen LogP contribution in [0.1, 0.15) is 149 Å². The fourth-order valence-corrected chi connectivity index (χ4v) is 7.93. The molecule has 2 aliphatic heterocycles. The lowest BCUT2D eigenvalue weighted by molar-refractivity contribution is -0.438. The molecule has 0 aliphatic carbocycles. The van der Waals surface area contributed by atoms with Crippen molar-refractivity contribution in [2.45, 2.75) is 155 Å². The summed E-state index contributed by atoms with van der Waals surface area (Å²) in [6.45, 7) is 16.6. The van der Waals surface area contributed by atoms with Gasteiger partial charge in [-0.15, -0.1) is 0 Å². The minimum absolute atomic E-state index is 0.0493. The van der Waals surface area contributed by atoms with E-state index in [0.717, 1.165) is 25.8 Å². The molecule has 2 aromatic carbocycles. The van der Waals surface area contributed by atoms with Crippen molar-refractivity contribution < 1.29 is 4.58 Å². The highest BCUT2D eigenvalue weighted by Crippen LogP contribution is 2.46. The van der Waals surface area contributed by atoms with Gasteiger partial charge >= 0.3 is 0 Å². The van der Waals surface area contributed by atoms with E-state index in [2.05, 4.69) is 124 Å². The molecule has 0 amide bonds. The van der Waals surface area contributed by atoms with Crippen molar-refractivity contribution in [1.29, 1.82) is 0 Å². The zero-order valence-electron chi connectivity index (χ0n) is 29.9. The Morgan fingerprint density at radius 2 is 1.27 bits per heavy atom. The molecule has 2 aromatic rings. The number of unbranched alkanes of at least 4 members (excludes halogenated alkanes) is 11. The van der Waals surface area contributed by atoms with Gasteiger partial charge in [0.25, 0.3) is 0 Å². The van der Waals surface area contributed by atoms with E-state index < -0.39 is 0 Å². The van der Waals surface area contributed by atoms with Gasteiger partial charge in [-0.05, 0) is 57.6 Å². The van der Waals surface area contributed by atoms with E-state index in [1.165, 1.54) is 112 Å². The normalized spacial score (nSPS) is 18.4. The molecule has 0 aromatic heterocycles. The van der Waals surface area contributed by atoms with Gasteiger partial charge in [0.05, 0.1) is 5.41 Å². The summed E-state index contributed by atoms with van der Waals surface area (Å²) in [4.78, 5) is 2.74. The summed E-state index contributed by atoms with van der Waals surface area (Å²) in [5.41, 5.74) is 7.58. The molecule has 0 bridgehead atoms. The predicted octanol–water partition coefficient (Wildman–Crippen LogP) is 12.2. The topological polar surface area (TPSA) is 6.25 Å². The van der Waals surface area contributed by atoms with Crippen molar-refractivity contribution in [2.24, 2.45) is 0 Å². The first-order valence-corrected chi connectivity index (χ1v) is 18.8. The van der Waals surface area contributed by atoms with E-state index in [-0.39, 0.29) is 10.8 Å². The highest BCUT2D eigenvalue weighted by molar-refractivity contribution is 6.03. The Kier molecular flexibility index (Phi) is 13.6. The predicted molar refractivity (Wildman–Crippen MR) is 199 cm³/mol. The van der Waals surface area contributed by atoms with Crippen LogP contribution >= 0.6 is 0 Å². The first-order valence-electron chi connectivity index (χ1n) is 18.8. The van der Waals surface area contributed by atoms with Crippen molar-refractivity contribution in [2.75, 3.05) is 18.0 Å². The van der Waals surface area contributed by atoms with E-state index in [1.54, 1.807) is 0 Å². The van der Waals surface area contributed by atoms with E-state index in [4.69, 9.17) is 0 Å². The molecular weight excluding hydrogens is 544 g/mol. The minimum atomic E-state index is 0.0493. The zero-order valence-corrected chi connectivity index (χ0v) is 29.9. The van der Waals surface area contributed by atoms with E-state index >= 15 is 0 Å². The smallest absolute Gasteiger partial charge is 0.209 e.